The number of benzene rings is 1. The van der Waals surface area contributed by atoms with Gasteiger partial charge in [0.15, 0.2) is 0 Å². The summed E-state index contributed by atoms with van der Waals surface area (Å²) in [6.45, 7) is 4.59. The number of hydrogen-bond donors (Lipinski definition) is 17. The summed E-state index contributed by atoms with van der Waals surface area (Å²) < 4.78 is 30.4. The molecule has 6 heterocycles. The van der Waals surface area contributed by atoms with Gasteiger partial charge in [0.2, 0.25) is 70.9 Å². The maximum Gasteiger partial charge on any atom is 0.305 e. The van der Waals surface area contributed by atoms with Crippen LogP contribution in [0.1, 0.15) is 154 Å². The van der Waals surface area contributed by atoms with E-state index >= 15 is 28.0 Å². The molecule has 7 fully saturated rings. The number of halogens is 2. The van der Waals surface area contributed by atoms with Crippen molar-refractivity contribution in [1.29, 1.82) is 0 Å². The first-order valence-corrected chi connectivity index (χ1v) is 36.3. The van der Waals surface area contributed by atoms with Crippen molar-refractivity contribution in [2.24, 2.45) is 35.3 Å². The minimum Gasteiger partial charge on any atom is -0.481 e. The second kappa shape index (κ2) is 35.9. The third-order valence-corrected chi connectivity index (χ3v) is 22.1. The van der Waals surface area contributed by atoms with E-state index in [2.05, 4.69) is 74.4 Å². The molecule has 3 saturated carbocycles. The number of rotatable bonds is 12. The Hall–Kier alpha value is -8.01. The Bertz CT molecular complexity index is 3220. The highest BCUT2D eigenvalue weighted by atomic mass is 19.1. The van der Waals surface area contributed by atoms with Crippen LogP contribution in [0.15, 0.2) is 24.3 Å². The molecule has 18 atom stereocenters. The van der Waals surface area contributed by atoms with E-state index in [0.29, 0.717) is 88.7 Å². The molecule has 31 nitrogen and oxygen atoms in total. The van der Waals surface area contributed by atoms with Gasteiger partial charge in [-0.1, -0.05) is 24.3 Å². The van der Waals surface area contributed by atoms with Crippen molar-refractivity contribution in [1.82, 2.24) is 79.3 Å². The molecule has 9 unspecified atom stereocenters. The van der Waals surface area contributed by atoms with Crippen molar-refractivity contribution >= 4 is 76.9 Å². The Morgan fingerprint density at radius 2 is 1.19 bits per heavy atom. The number of aliphatic carboxylic acids is 1. The van der Waals surface area contributed by atoms with Crippen LogP contribution in [-0.2, 0) is 75.3 Å². The van der Waals surface area contributed by atoms with Crippen LogP contribution in [0.3, 0.4) is 0 Å². The van der Waals surface area contributed by atoms with E-state index in [0.717, 1.165) is 6.92 Å². The summed E-state index contributed by atoms with van der Waals surface area (Å²) in [6.07, 6.45) is -0.629. The number of carboxylic acids is 1. The van der Waals surface area contributed by atoms with Gasteiger partial charge in [-0.3, -0.25) is 62.3 Å². The van der Waals surface area contributed by atoms with Gasteiger partial charge in [0, 0.05) is 64.2 Å². The van der Waals surface area contributed by atoms with Crippen molar-refractivity contribution in [3.63, 3.8) is 0 Å². The quantitative estimate of drug-likeness (QED) is 0.0934. The zero-order chi connectivity index (χ0) is 73.5. The molecule has 2 bridgehead atoms. The molecule has 564 valence electrons. The zero-order valence-corrected chi connectivity index (χ0v) is 58.4. The minimum atomic E-state index is -1.94. The molecule has 0 spiro atoms. The number of aliphatic hydroxyl groups is 1. The van der Waals surface area contributed by atoms with E-state index in [1.54, 1.807) is 31.2 Å². The van der Waals surface area contributed by atoms with Crippen LogP contribution in [0.4, 0.5) is 8.78 Å². The number of nitrogens with zero attached hydrogens (tertiary/aromatic N) is 1. The predicted octanol–water partition coefficient (Wildman–Crippen LogP) is -2.90. The first-order chi connectivity index (χ1) is 48.6. The number of carbonyl (C=O) groups is 13. The topological polar surface area (TPSA) is 460 Å². The fraction of sp³-hybridized carbons (Fsp3) is 0.725. The fourth-order valence-electron chi connectivity index (χ4n) is 16.3. The molecule has 4 saturated heterocycles. The van der Waals surface area contributed by atoms with Crippen molar-refractivity contribution in [3.05, 3.63) is 35.4 Å². The van der Waals surface area contributed by atoms with Crippen molar-refractivity contribution < 1.29 is 81.3 Å². The number of primary amides is 1. The van der Waals surface area contributed by atoms with Crippen LogP contribution >= 0.6 is 0 Å². The molecule has 3 aliphatic carbocycles. The smallest absolute Gasteiger partial charge is 0.305 e. The van der Waals surface area contributed by atoms with E-state index in [4.69, 9.17) is 5.73 Å². The molecule has 10 rings (SSSR count). The summed E-state index contributed by atoms with van der Waals surface area (Å²) in [4.78, 5) is 185. The molecule has 6 aliphatic heterocycles. The number of fused-ring (bicyclic) bond motifs is 34. The number of carboxylic acid groups (broad SMARTS) is 1. The van der Waals surface area contributed by atoms with Gasteiger partial charge in [0.25, 0.3) is 0 Å². The van der Waals surface area contributed by atoms with E-state index in [9.17, 15) is 53.4 Å². The minimum absolute atomic E-state index is 0.0183. The van der Waals surface area contributed by atoms with Crippen LogP contribution in [0.25, 0.3) is 0 Å². The molecule has 0 radical (unpaired) electrons. The standard InChI is InChI=1S/C69H104F2N16O15/c1-35-61(95)77-33-58(91)81-52(23-40-30-74-48-15-11-42(70)25-46(40)48)63(97)82-53(24-41-31-75-49-16-12-43(71)26-47(41)49)64(98)84-55(28-59(92)93)66(100)83-54(27-44-32-73-34-78-44)65(99)85-56(22-38-9-13-45(89)14-10-38)67(101)87-20-4-19-69(87,3)68(102)86-51(60(72)94)21-37-5-7-39(8-6-37)29-76-57(90)18-17-50(62(96)79-35)80-36(2)88/h5-8,35,38,40-56,73-75,78,89H,4,9-34H2,1-3H3,(H2,72,94)(H,76,90)(H,77,95)(H,79,96)(H,80,88)(H,81,91)(H,82,97)(H,83,100)(H,84,98)(H,85,99)(H,86,102)(H,92,93)/t35-,38?,40?,41?,42?,43?,44?,45?,46?,47?,48?,49?,50-,51-,52-,53-,54-,55-,56-,69-/m0/s1. The lowest BCUT2D eigenvalue weighted by molar-refractivity contribution is -0.148. The average Bonchev–Trinajstić information content (AvgIpc) is 1.59. The highest BCUT2D eigenvalue weighted by Crippen LogP contribution is 2.40. The maximum absolute atomic E-state index is 15.3. The lowest BCUT2D eigenvalue weighted by Gasteiger charge is -2.38. The predicted molar refractivity (Wildman–Crippen MR) is 363 cm³/mol. The normalized spacial score (nSPS) is 35.7. The molecular weight excluding hydrogens is 1330 g/mol. The van der Waals surface area contributed by atoms with Crippen LogP contribution in [-0.4, -0.2) is 222 Å². The Morgan fingerprint density at radius 3 is 1.76 bits per heavy atom. The van der Waals surface area contributed by atoms with Gasteiger partial charge < -0.3 is 95.3 Å². The van der Waals surface area contributed by atoms with Crippen molar-refractivity contribution in [3.8, 4) is 0 Å². The largest absolute Gasteiger partial charge is 0.481 e. The molecule has 33 heteroatoms. The molecule has 9 aliphatic rings. The molecule has 1 aromatic rings. The molecule has 0 aromatic heterocycles. The fourth-order valence-corrected chi connectivity index (χ4v) is 16.3. The first kappa shape index (κ1) is 78.1. The van der Waals surface area contributed by atoms with Crippen molar-refractivity contribution in [2.75, 3.05) is 39.4 Å². The summed E-state index contributed by atoms with van der Waals surface area (Å²) >= 11 is 0. The summed E-state index contributed by atoms with van der Waals surface area (Å²) in [5, 5.41) is 60.5. The monoisotopic (exact) mass is 1430 g/mol. The lowest BCUT2D eigenvalue weighted by Crippen LogP contribution is -2.63. The van der Waals surface area contributed by atoms with Gasteiger partial charge in [-0.2, -0.15) is 0 Å². The highest BCUT2D eigenvalue weighted by Gasteiger charge is 2.50. The molecule has 102 heavy (non-hydrogen) atoms. The summed E-state index contributed by atoms with van der Waals surface area (Å²) in [7, 11) is 0. The average molecular weight is 1440 g/mol. The van der Waals surface area contributed by atoms with Gasteiger partial charge in [-0.25, -0.2) is 8.78 Å². The Morgan fingerprint density at radius 1 is 0.618 bits per heavy atom. The third kappa shape index (κ3) is 21.3. The second-order valence-electron chi connectivity index (χ2n) is 29.6. The third-order valence-electron chi connectivity index (χ3n) is 22.1. The van der Waals surface area contributed by atoms with Crippen LogP contribution in [0, 0.1) is 29.6 Å². The van der Waals surface area contributed by atoms with Gasteiger partial charge in [-0.05, 0) is 177 Å². The molecular formula is C69H104F2N16O15. The number of aliphatic hydroxyl groups excluding tert-OH is 1. The summed E-state index contributed by atoms with van der Waals surface area (Å²) in [5.41, 5.74) is 5.51. The van der Waals surface area contributed by atoms with Gasteiger partial charge >= 0.3 is 5.97 Å². The number of carbonyl (C=O) groups excluding carboxylic acids is 12. The molecule has 18 N–H and O–H groups in total. The summed E-state index contributed by atoms with van der Waals surface area (Å²) in [5.74, 6) is -13.1. The molecule has 1 aromatic carbocycles. The second-order valence-corrected chi connectivity index (χ2v) is 29.6. The van der Waals surface area contributed by atoms with Crippen LogP contribution < -0.4 is 80.2 Å². The SMILES string of the molecule is CC(=O)N[C@H]1CCC(=O)NCc2ccc(cc2)C[C@@H](C(N)=O)NC(=O)[C@]2(C)CCCN2C(=O)[C@H](CC2CCC(O)CC2)NC(=O)[C@H](CC2CNCN2)NC(=O)[C@H](CC(=O)O)NC(=O)[C@H](CC2CNC3CCC(F)CC23)NC(=O)[C@H](CC2CNC3CCC(F)CC23)NC(=O)CNC(=O)[C@H](C)NC1=O. The van der Waals surface area contributed by atoms with E-state index in [1.165, 1.54) is 11.8 Å². The molecule has 12 amide bonds. The Kier molecular flexibility index (Phi) is 27.5. The number of amides is 12. The zero-order valence-electron chi connectivity index (χ0n) is 58.4. The van der Waals surface area contributed by atoms with Gasteiger partial charge in [0.05, 0.1) is 19.1 Å². The van der Waals surface area contributed by atoms with Crippen LogP contribution in [0.2, 0.25) is 0 Å². The van der Waals surface area contributed by atoms with E-state index in [1.807, 2.05) is 0 Å². The number of alkyl halides is 2. The Labute approximate surface area is 591 Å². The number of nitrogens with two attached hydrogens (primary N) is 1. The maximum atomic E-state index is 15.3. The van der Waals surface area contributed by atoms with E-state index in [-0.39, 0.29) is 114 Å². The number of hydrogen-bond acceptors (Lipinski definition) is 18. The van der Waals surface area contributed by atoms with Crippen LogP contribution in [0.5, 0.6) is 0 Å². The van der Waals surface area contributed by atoms with Gasteiger partial charge in [-0.15, -0.1) is 0 Å². The highest BCUT2D eigenvalue weighted by molar-refractivity contribution is 6.00. The lowest BCUT2D eigenvalue weighted by atomic mass is 9.76. The number of nitrogens with one attached hydrogen (secondary N) is 14. The van der Waals surface area contributed by atoms with Gasteiger partial charge in [0.1, 0.15) is 66.2 Å². The van der Waals surface area contributed by atoms with E-state index < -0.39 is 180 Å². The Balaban J connectivity index is 1.03. The first-order valence-electron chi connectivity index (χ1n) is 36.3. The summed E-state index contributed by atoms with van der Waals surface area (Å²) in [6, 6.07) is -5.80. The van der Waals surface area contributed by atoms with Crippen molar-refractivity contribution in [2.45, 2.75) is 246 Å².